The molecule has 4 amide bonds. The number of phenolic OH excluding ortho intramolecular Hbond substituents is 1. The van der Waals surface area contributed by atoms with Crippen LogP contribution in [-0.2, 0) is 25.6 Å². The van der Waals surface area contributed by atoms with E-state index in [2.05, 4.69) is 26.6 Å². The molecule has 10 nitrogen and oxygen atoms in total. The highest BCUT2D eigenvalue weighted by Crippen LogP contribution is 2.31. The minimum Gasteiger partial charge on any atom is -0.508 e. The van der Waals surface area contributed by atoms with Crippen LogP contribution in [0.1, 0.15) is 49.5 Å². The summed E-state index contributed by atoms with van der Waals surface area (Å²) >= 11 is 3.36. The first-order chi connectivity index (χ1) is 19.4. The van der Waals surface area contributed by atoms with Gasteiger partial charge in [0, 0.05) is 29.9 Å². The molecule has 4 unspecified atom stereocenters. The number of halogens is 1. The van der Waals surface area contributed by atoms with Crippen molar-refractivity contribution in [3.63, 3.8) is 0 Å². The molecule has 218 valence electrons. The van der Waals surface area contributed by atoms with E-state index >= 15 is 0 Å². The molecule has 0 spiro atoms. The number of ketones is 1. The van der Waals surface area contributed by atoms with Crippen LogP contribution in [-0.4, -0.2) is 81.6 Å². The third-order valence-electron chi connectivity index (χ3n) is 7.44. The van der Waals surface area contributed by atoms with Crippen molar-refractivity contribution in [1.29, 1.82) is 0 Å². The molecule has 4 rings (SSSR count). The molecule has 11 heteroatoms. The first-order valence-corrected chi connectivity index (χ1v) is 14.5. The zero-order valence-electron chi connectivity index (χ0n) is 23.3. The lowest BCUT2D eigenvalue weighted by Gasteiger charge is -2.30. The van der Waals surface area contributed by atoms with E-state index in [4.69, 9.17) is 0 Å². The maximum absolute atomic E-state index is 14.0. The highest BCUT2D eigenvalue weighted by molar-refractivity contribution is 9.10. The summed E-state index contributed by atoms with van der Waals surface area (Å²) in [6, 6.07) is 10.1. The van der Waals surface area contributed by atoms with Crippen LogP contribution in [0, 0.1) is 5.92 Å². The van der Waals surface area contributed by atoms with Crippen molar-refractivity contribution >= 4 is 45.3 Å². The van der Waals surface area contributed by atoms with Crippen LogP contribution in [0.3, 0.4) is 0 Å². The van der Waals surface area contributed by atoms with Crippen molar-refractivity contribution in [2.75, 3.05) is 13.1 Å². The van der Waals surface area contributed by atoms with Crippen LogP contribution in [0.25, 0.3) is 0 Å². The van der Waals surface area contributed by atoms with Gasteiger partial charge in [0.25, 0.3) is 5.91 Å². The Morgan fingerprint density at radius 3 is 2.32 bits per heavy atom. The van der Waals surface area contributed by atoms with Crippen molar-refractivity contribution in [1.82, 2.24) is 20.4 Å². The van der Waals surface area contributed by atoms with E-state index in [9.17, 15) is 29.1 Å². The molecule has 3 N–H and O–H groups in total. The third kappa shape index (κ3) is 7.13. The standard InChI is InChI=1S/C30H35BrN4O6/c1-17(2)13-23(32-18(3)36)30(41)35-16-26(38)27-25(35)11-12-34(27)29(40)24(14-19-7-9-22(37)10-8-19)33-28(39)20-5-4-6-21(31)15-20/h4-10,15,17,23-25,27,37H,11-14,16H2,1-3H3,(H,32,36)(H,33,39). The number of amides is 4. The predicted molar refractivity (Wildman–Crippen MR) is 155 cm³/mol. The molecule has 2 aromatic rings. The maximum atomic E-state index is 14.0. The Kier molecular flexibility index (Phi) is 9.47. The molecule has 4 atom stereocenters. The van der Waals surface area contributed by atoms with Gasteiger partial charge in [-0.15, -0.1) is 0 Å². The number of rotatable bonds is 9. The SMILES string of the molecule is CC(=O)NC(CC(C)C)C(=O)N1CC(=O)C2C1CCN2C(=O)C(Cc1ccc(O)cc1)NC(=O)c1cccc(Br)c1. The van der Waals surface area contributed by atoms with E-state index in [1.54, 1.807) is 36.4 Å². The second-order valence-electron chi connectivity index (χ2n) is 11.1. The van der Waals surface area contributed by atoms with Gasteiger partial charge < -0.3 is 25.5 Å². The summed E-state index contributed by atoms with van der Waals surface area (Å²) in [7, 11) is 0. The number of hydrogen-bond acceptors (Lipinski definition) is 6. The Hall–Kier alpha value is -3.73. The molecule has 2 saturated heterocycles. The number of benzene rings is 2. The highest BCUT2D eigenvalue weighted by Gasteiger charge is 2.53. The van der Waals surface area contributed by atoms with E-state index in [-0.39, 0.29) is 48.8 Å². The fourth-order valence-corrected chi connectivity index (χ4v) is 6.03. The van der Waals surface area contributed by atoms with Gasteiger partial charge in [-0.1, -0.05) is 48.0 Å². The first kappa shape index (κ1) is 30.2. The Labute approximate surface area is 247 Å². The molecule has 0 bridgehead atoms. The largest absolute Gasteiger partial charge is 0.508 e. The summed E-state index contributed by atoms with van der Waals surface area (Å²) in [5.41, 5.74) is 1.08. The number of hydrogen-bond donors (Lipinski definition) is 3. The molecule has 2 aromatic carbocycles. The van der Waals surface area contributed by atoms with Crippen molar-refractivity contribution in [2.24, 2.45) is 5.92 Å². The van der Waals surface area contributed by atoms with E-state index in [0.29, 0.717) is 28.4 Å². The average Bonchev–Trinajstić information content (AvgIpc) is 3.49. The number of carbonyl (C=O) groups is 5. The third-order valence-corrected chi connectivity index (χ3v) is 7.93. The zero-order chi connectivity index (χ0) is 29.8. The van der Waals surface area contributed by atoms with Gasteiger partial charge in [-0.25, -0.2) is 0 Å². The van der Waals surface area contributed by atoms with Gasteiger partial charge >= 0.3 is 0 Å². The fourth-order valence-electron chi connectivity index (χ4n) is 5.64. The molecule has 0 radical (unpaired) electrons. The predicted octanol–water partition coefficient (Wildman–Crippen LogP) is 2.43. The number of carbonyl (C=O) groups excluding carboxylic acids is 5. The molecule has 0 aromatic heterocycles. The molecule has 2 aliphatic rings. The maximum Gasteiger partial charge on any atom is 0.251 e. The molecular formula is C30H35BrN4O6. The summed E-state index contributed by atoms with van der Waals surface area (Å²) in [5, 5.41) is 15.2. The number of aromatic hydroxyl groups is 1. The van der Waals surface area contributed by atoms with Crippen LogP contribution in [0.15, 0.2) is 53.0 Å². The van der Waals surface area contributed by atoms with Gasteiger partial charge in [-0.2, -0.15) is 0 Å². The lowest BCUT2D eigenvalue weighted by atomic mass is 10.0. The lowest BCUT2D eigenvalue weighted by molar-refractivity contribution is -0.138. The van der Waals surface area contributed by atoms with Crippen molar-refractivity contribution in [3.8, 4) is 5.75 Å². The van der Waals surface area contributed by atoms with Gasteiger partial charge in [0.05, 0.1) is 12.6 Å². The average molecular weight is 628 g/mol. The minimum atomic E-state index is -0.990. The summed E-state index contributed by atoms with van der Waals surface area (Å²) in [6.07, 6.45) is 0.982. The van der Waals surface area contributed by atoms with Gasteiger partial charge in [-0.05, 0) is 54.7 Å². The Morgan fingerprint density at radius 1 is 1.00 bits per heavy atom. The molecule has 41 heavy (non-hydrogen) atoms. The van der Waals surface area contributed by atoms with Gasteiger partial charge in [0.15, 0.2) is 5.78 Å². The Morgan fingerprint density at radius 2 is 1.68 bits per heavy atom. The van der Waals surface area contributed by atoms with Crippen molar-refractivity contribution in [2.45, 2.75) is 64.2 Å². The topological polar surface area (TPSA) is 136 Å². The molecule has 0 aliphatic carbocycles. The lowest BCUT2D eigenvalue weighted by Crippen LogP contribution is -2.54. The van der Waals surface area contributed by atoms with E-state index in [1.807, 2.05) is 13.8 Å². The summed E-state index contributed by atoms with van der Waals surface area (Å²) < 4.78 is 0.713. The fraction of sp³-hybridized carbons (Fsp3) is 0.433. The number of nitrogens with zero attached hydrogens (tertiary/aromatic N) is 2. The second-order valence-corrected chi connectivity index (χ2v) is 12.0. The smallest absolute Gasteiger partial charge is 0.251 e. The van der Waals surface area contributed by atoms with E-state index in [0.717, 1.165) is 0 Å². The van der Waals surface area contributed by atoms with E-state index in [1.165, 1.54) is 28.9 Å². The Bertz CT molecular complexity index is 1330. The van der Waals surface area contributed by atoms with Gasteiger partial charge in [0.1, 0.15) is 23.9 Å². The van der Waals surface area contributed by atoms with Crippen LogP contribution in [0.4, 0.5) is 0 Å². The van der Waals surface area contributed by atoms with Crippen LogP contribution in [0.5, 0.6) is 5.75 Å². The van der Waals surface area contributed by atoms with Crippen LogP contribution < -0.4 is 10.6 Å². The van der Waals surface area contributed by atoms with Crippen LogP contribution >= 0.6 is 15.9 Å². The summed E-state index contributed by atoms with van der Waals surface area (Å²) in [5.74, 6) is -1.55. The number of likely N-dealkylation sites (tertiary alicyclic amines) is 2. The van der Waals surface area contributed by atoms with Gasteiger partial charge in [-0.3, -0.25) is 24.0 Å². The number of nitrogens with one attached hydrogen (secondary N) is 2. The number of Topliss-reactive ketones (excluding diaryl/α,β-unsaturated/α-hetero) is 1. The minimum absolute atomic E-state index is 0.0773. The zero-order valence-corrected chi connectivity index (χ0v) is 24.9. The molecule has 2 heterocycles. The van der Waals surface area contributed by atoms with E-state index < -0.39 is 36.0 Å². The molecule has 0 saturated carbocycles. The van der Waals surface area contributed by atoms with Crippen LogP contribution in [0.2, 0.25) is 0 Å². The molecule has 2 aliphatic heterocycles. The molecule has 2 fully saturated rings. The second kappa shape index (κ2) is 12.8. The van der Waals surface area contributed by atoms with Gasteiger partial charge in [0.2, 0.25) is 17.7 Å². The first-order valence-electron chi connectivity index (χ1n) is 13.7. The monoisotopic (exact) mass is 626 g/mol. The normalized spacial score (nSPS) is 19.6. The summed E-state index contributed by atoms with van der Waals surface area (Å²) in [6.45, 7) is 5.36. The Balaban J connectivity index is 1.56. The number of phenols is 1. The van der Waals surface area contributed by atoms with Crippen molar-refractivity contribution in [3.05, 3.63) is 64.1 Å². The highest BCUT2D eigenvalue weighted by atomic mass is 79.9. The quantitative estimate of drug-likeness (QED) is 0.391. The molecular weight excluding hydrogens is 592 g/mol. The summed E-state index contributed by atoms with van der Waals surface area (Å²) in [4.78, 5) is 68.6. The van der Waals surface area contributed by atoms with Crippen molar-refractivity contribution < 1.29 is 29.1 Å². The number of fused-ring (bicyclic) bond motifs is 1.